The number of H-pyrrole nitrogens is 1. The first kappa shape index (κ1) is 20.1. The Morgan fingerprint density at radius 2 is 2.07 bits per heavy atom. The normalized spacial score (nSPS) is 11.8. The SMILES string of the molecule is COc1ccc2[nH]c(=O)c(CCC(=O)NC(C)C(=O)Nc3cc(C)on3)cc2c1. The molecule has 1 aromatic carbocycles. The smallest absolute Gasteiger partial charge is 0.251 e. The van der Waals surface area contributed by atoms with E-state index in [0.717, 1.165) is 5.39 Å². The Kier molecular flexibility index (Phi) is 5.96. The van der Waals surface area contributed by atoms with E-state index >= 15 is 0 Å². The van der Waals surface area contributed by atoms with Crippen LogP contribution in [0.2, 0.25) is 0 Å². The van der Waals surface area contributed by atoms with Crippen LogP contribution in [0.25, 0.3) is 10.9 Å². The number of fused-ring (bicyclic) bond motifs is 1. The molecule has 0 aliphatic rings. The van der Waals surface area contributed by atoms with E-state index in [1.165, 1.54) is 0 Å². The van der Waals surface area contributed by atoms with Crippen molar-refractivity contribution in [2.24, 2.45) is 0 Å². The van der Waals surface area contributed by atoms with Gasteiger partial charge in [0.25, 0.3) is 5.56 Å². The molecule has 1 unspecified atom stereocenters. The van der Waals surface area contributed by atoms with Gasteiger partial charge in [0.15, 0.2) is 5.82 Å². The topological polar surface area (TPSA) is 126 Å². The standard InChI is InChI=1S/C20H22N4O5/c1-11-8-17(24-29-11)23-19(26)12(2)21-18(25)7-4-13-9-14-10-15(28-3)5-6-16(14)22-20(13)27/h5-6,8-10,12H,4,7H2,1-3H3,(H,21,25)(H,22,27)(H,23,24,26). The molecular formula is C20H22N4O5. The van der Waals surface area contributed by atoms with Gasteiger partial charge in [-0.3, -0.25) is 14.4 Å². The monoisotopic (exact) mass is 398 g/mol. The molecule has 0 aliphatic carbocycles. The fraction of sp³-hybridized carbons (Fsp3) is 0.300. The van der Waals surface area contributed by atoms with Crippen LogP contribution >= 0.6 is 0 Å². The highest BCUT2D eigenvalue weighted by Gasteiger charge is 2.17. The molecule has 0 spiro atoms. The number of methoxy groups -OCH3 is 1. The fourth-order valence-electron chi connectivity index (χ4n) is 2.83. The fourth-order valence-corrected chi connectivity index (χ4v) is 2.83. The lowest BCUT2D eigenvalue weighted by molar-refractivity contribution is -0.126. The zero-order valence-corrected chi connectivity index (χ0v) is 16.4. The zero-order valence-electron chi connectivity index (χ0n) is 16.4. The zero-order chi connectivity index (χ0) is 21.0. The van der Waals surface area contributed by atoms with Crippen LogP contribution in [-0.4, -0.2) is 35.1 Å². The largest absolute Gasteiger partial charge is 0.497 e. The van der Waals surface area contributed by atoms with Crippen molar-refractivity contribution in [2.45, 2.75) is 32.7 Å². The van der Waals surface area contributed by atoms with Crippen molar-refractivity contribution < 1.29 is 18.8 Å². The summed E-state index contributed by atoms with van der Waals surface area (Å²) in [6, 6.07) is 7.90. The van der Waals surface area contributed by atoms with Gasteiger partial charge in [-0.1, -0.05) is 5.16 Å². The number of pyridine rings is 1. The van der Waals surface area contributed by atoms with Gasteiger partial charge in [-0.05, 0) is 44.5 Å². The van der Waals surface area contributed by atoms with Crippen molar-refractivity contribution in [3.05, 3.63) is 52.0 Å². The van der Waals surface area contributed by atoms with Gasteiger partial charge in [-0.15, -0.1) is 0 Å². The number of aryl methyl sites for hydroxylation is 2. The number of aromatic nitrogens is 2. The van der Waals surface area contributed by atoms with Gasteiger partial charge >= 0.3 is 0 Å². The van der Waals surface area contributed by atoms with Gasteiger partial charge in [0, 0.05) is 29.0 Å². The molecule has 9 nitrogen and oxygen atoms in total. The van der Waals surface area contributed by atoms with Crippen LogP contribution < -0.4 is 20.9 Å². The van der Waals surface area contributed by atoms with Gasteiger partial charge in [0.2, 0.25) is 11.8 Å². The number of hydrogen-bond acceptors (Lipinski definition) is 6. The molecule has 9 heteroatoms. The average molecular weight is 398 g/mol. The van der Waals surface area contributed by atoms with Crippen molar-refractivity contribution in [1.29, 1.82) is 0 Å². The highest BCUT2D eigenvalue weighted by atomic mass is 16.5. The molecule has 152 valence electrons. The first-order valence-corrected chi connectivity index (χ1v) is 9.09. The highest BCUT2D eigenvalue weighted by molar-refractivity contribution is 5.96. The predicted octanol–water partition coefficient (Wildman–Crippen LogP) is 1.91. The minimum absolute atomic E-state index is 0.0687. The lowest BCUT2D eigenvalue weighted by Crippen LogP contribution is -2.41. The third kappa shape index (κ3) is 5.01. The van der Waals surface area contributed by atoms with Crippen LogP contribution in [0, 0.1) is 6.92 Å². The van der Waals surface area contributed by atoms with Crippen LogP contribution in [-0.2, 0) is 16.0 Å². The Balaban J connectivity index is 1.59. The lowest BCUT2D eigenvalue weighted by atomic mass is 10.1. The summed E-state index contributed by atoms with van der Waals surface area (Å²) >= 11 is 0. The van der Waals surface area contributed by atoms with E-state index in [4.69, 9.17) is 9.26 Å². The minimum Gasteiger partial charge on any atom is -0.497 e. The van der Waals surface area contributed by atoms with Crippen molar-refractivity contribution in [2.75, 3.05) is 12.4 Å². The Hall–Kier alpha value is -3.62. The molecular weight excluding hydrogens is 376 g/mol. The molecule has 3 aromatic rings. The quantitative estimate of drug-likeness (QED) is 0.558. The predicted molar refractivity (Wildman–Crippen MR) is 107 cm³/mol. The first-order chi connectivity index (χ1) is 13.9. The molecule has 0 bridgehead atoms. The maximum absolute atomic E-state index is 12.2. The Bertz CT molecular complexity index is 1100. The maximum atomic E-state index is 12.2. The summed E-state index contributed by atoms with van der Waals surface area (Å²) in [5.74, 6) is 0.772. The lowest BCUT2D eigenvalue weighted by Gasteiger charge is -2.13. The average Bonchev–Trinajstić information content (AvgIpc) is 3.10. The third-order valence-electron chi connectivity index (χ3n) is 4.40. The Morgan fingerprint density at radius 1 is 1.28 bits per heavy atom. The van der Waals surface area contributed by atoms with Gasteiger partial charge in [0.05, 0.1) is 7.11 Å². The summed E-state index contributed by atoms with van der Waals surface area (Å²) in [4.78, 5) is 39.4. The van der Waals surface area contributed by atoms with E-state index in [1.54, 1.807) is 45.2 Å². The van der Waals surface area contributed by atoms with Crippen LogP contribution in [0.4, 0.5) is 5.82 Å². The van der Waals surface area contributed by atoms with E-state index < -0.39 is 11.9 Å². The summed E-state index contributed by atoms with van der Waals surface area (Å²) in [5.41, 5.74) is 0.927. The number of nitrogens with zero attached hydrogens (tertiary/aromatic N) is 1. The molecule has 2 heterocycles. The first-order valence-electron chi connectivity index (χ1n) is 9.09. The molecule has 2 aromatic heterocycles. The highest BCUT2D eigenvalue weighted by Crippen LogP contribution is 2.19. The van der Waals surface area contributed by atoms with Crippen LogP contribution in [0.3, 0.4) is 0 Å². The number of nitrogens with one attached hydrogen (secondary N) is 3. The molecule has 0 saturated heterocycles. The third-order valence-corrected chi connectivity index (χ3v) is 4.40. The van der Waals surface area contributed by atoms with Crippen molar-refractivity contribution in [3.8, 4) is 5.75 Å². The van der Waals surface area contributed by atoms with Crippen LogP contribution in [0.1, 0.15) is 24.7 Å². The minimum atomic E-state index is -0.765. The summed E-state index contributed by atoms with van der Waals surface area (Å²) in [7, 11) is 1.57. The molecule has 3 N–H and O–H groups in total. The van der Waals surface area contributed by atoms with Crippen LogP contribution in [0.15, 0.2) is 39.6 Å². The van der Waals surface area contributed by atoms with Crippen molar-refractivity contribution in [3.63, 3.8) is 0 Å². The molecule has 29 heavy (non-hydrogen) atoms. The number of anilines is 1. The van der Waals surface area contributed by atoms with E-state index in [2.05, 4.69) is 20.8 Å². The molecule has 0 radical (unpaired) electrons. The van der Waals surface area contributed by atoms with Crippen molar-refractivity contribution >= 4 is 28.5 Å². The van der Waals surface area contributed by atoms with E-state index in [-0.39, 0.29) is 30.1 Å². The molecule has 0 aliphatic heterocycles. The number of carbonyl (C=O) groups excluding carboxylic acids is 2. The van der Waals surface area contributed by atoms with Gasteiger partial charge in [-0.2, -0.15) is 0 Å². The number of benzene rings is 1. The Labute approximate surface area is 166 Å². The number of aromatic amines is 1. The van der Waals surface area contributed by atoms with E-state index in [9.17, 15) is 14.4 Å². The van der Waals surface area contributed by atoms with Crippen LogP contribution in [0.5, 0.6) is 5.75 Å². The second-order valence-electron chi connectivity index (χ2n) is 6.68. The number of amides is 2. The van der Waals surface area contributed by atoms with Gasteiger partial charge in [0.1, 0.15) is 17.6 Å². The van der Waals surface area contributed by atoms with Gasteiger partial charge in [-0.25, -0.2) is 0 Å². The van der Waals surface area contributed by atoms with Crippen molar-refractivity contribution in [1.82, 2.24) is 15.5 Å². The van der Waals surface area contributed by atoms with Gasteiger partial charge < -0.3 is 24.9 Å². The molecule has 1 atom stereocenters. The number of ether oxygens (including phenoxy) is 1. The second-order valence-corrected chi connectivity index (χ2v) is 6.68. The Morgan fingerprint density at radius 3 is 2.76 bits per heavy atom. The number of rotatable bonds is 7. The molecule has 0 fully saturated rings. The maximum Gasteiger partial charge on any atom is 0.251 e. The summed E-state index contributed by atoms with van der Waals surface area (Å²) < 4.78 is 10.1. The molecule has 3 rings (SSSR count). The summed E-state index contributed by atoms with van der Waals surface area (Å²) in [6.45, 7) is 3.27. The summed E-state index contributed by atoms with van der Waals surface area (Å²) in [5, 5.41) is 9.65. The number of carbonyl (C=O) groups is 2. The molecule has 2 amide bonds. The molecule has 0 saturated carbocycles. The summed E-state index contributed by atoms with van der Waals surface area (Å²) in [6.07, 6.45) is 0.310. The van der Waals surface area contributed by atoms with E-state index in [0.29, 0.717) is 22.6 Å². The second kappa shape index (κ2) is 8.59. The van der Waals surface area contributed by atoms with E-state index in [1.807, 2.05) is 6.07 Å². The number of hydrogen-bond donors (Lipinski definition) is 3.